The number of fused-ring (bicyclic) bond motifs is 1. The van der Waals surface area contributed by atoms with Crippen molar-refractivity contribution in [3.8, 4) is 0 Å². The van der Waals surface area contributed by atoms with Crippen LogP contribution < -0.4 is 11.3 Å². The Labute approximate surface area is 74.4 Å². The first-order valence-electron chi connectivity index (χ1n) is 3.93. The lowest BCUT2D eigenvalue weighted by Gasteiger charge is -2.00. The van der Waals surface area contributed by atoms with Gasteiger partial charge in [-0.1, -0.05) is 12.1 Å². The zero-order chi connectivity index (χ0) is 9.42. The van der Waals surface area contributed by atoms with E-state index in [4.69, 9.17) is 5.73 Å². The lowest BCUT2D eigenvalue weighted by molar-refractivity contribution is 1.21. The lowest BCUT2D eigenvalue weighted by Crippen LogP contribution is -2.14. The molecule has 0 spiro atoms. The molecule has 3 N–H and O–H groups in total. The standard InChI is InChI=1S/C9H9N3O/c1-5-3-2-4-6-7(5)12-9(13)8(10)11-6/h2-4H,1H3,(H2,10,11)(H,12,13). The third-order valence-electron chi connectivity index (χ3n) is 1.96. The summed E-state index contributed by atoms with van der Waals surface area (Å²) in [6.45, 7) is 1.91. The molecule has 0 radical (unpaired) electrons. The molecular formula is C9H9N3O. The molecule has 0 unspecified atom stereocenters. The number of aryl methyl sites for hydroxylation is 1. The minimum Gasteiger partial charge on any atom is -0.379 e. The molecule has 1 aromatic heterocycles. The number of para-hydroxylation sites is 1. The van der Waals surface area contributed by atoms with Crippen LogP contribution in [0.25, 0.3) is 11.0 Å². The predicted molar refractivity (Wildman–Crippen MR) is 51.5 cm³/mol. The maximum atomic E-state index is 11.1. The highest BCUT2D eigenvalue weighted by atomic mass is 16.1. The van der Waals surface area contributed by atoms with E-state index in [-0.39, 0.29) is 11.4 Å². The smallest absolute Gasteiger partial charge is 0.290 e. The van der Waals surface area contributed by atoms with Crippen LogP contribution in [0.15, 0.2) is 23.0 Å². The average Bonchev–Trinajstić information content (AvgIpc) is 2.09. The van der Waals surface area contributed by atoms with E-state index in [1.807, 2.05) is 25.1 Å². The zero-order valence-corrected chi connectivity index (χ0v) is 7.16. The van der Waals surface area contributed by atoms with E-state index < -0.39 is 0 Å². The molecule has 0 atom stereocenters. The van der Waals surface area contributed by atoms with Crippen molar-refractivity contribution in [1.29, 1.82) is 0 Å². The van der Waals surface area contributed by atoms with Crippen molar-refractivity contribution in [2.45, 2.75) is 6.92 Å². The van der Waals surface area contributed by atoms with Crippen molar-refractivity contribution in [3.63, 3.8) is 0 Å². The number of nitrogens with one attached hydrogen (secondary N) is 1. The average molecular weight is 175 g/mol. The first-order valence-corrected chi connectivity index (χ1v) is 3.93. The van der Waals surface area contributed by atoms with Gasteiger partial charge in [0.25, 0.3) is 5.56 Å². The van der Waals surface area contributed by atoms with Gasteiger partial charge in [0.15, 0.2) is 5.82 Å². The van der Waals surface area contributed by atoms with Gasteiger partial charge in [-0.2, -0.15) is 0 Å². The number of hydrogen-bond acceptors (Lipinski definition) is 3. The van der Waals surface area contributed by atoms with Gasteiger partial charge in [-0.05, 0) is 18.6 Å². The van der Waals surface area contributed by atoms with E-state index in [1.165, 1.54) is 0 Å². The Morgan fingerprint density at radius 1 is 1.46 bits per heavy atom. The summed E-state index contributed by atoms with van der Waals surface area (Å²) in [5.74, 6) is 0.0121. The maximum Gasteiger partial charge on any atom is 0.290 e. The van der Waals surface area contributed by atoms with Gasteiger partial charge in [0.1, 0.15) is 0 Å². The van der Waals surface area contributed by atoms with Gasteiger partial charge >= 0.3 is 0 Å². The molecule has 4 nitrogen and oxygen atoms in total. The summed E-state index contributed by atoms with van der Waals surface area (Å²) in [6.07, 6.45) is 0. The number of benzene rings is 1. The molecule has 13 heavy (non-hydrogen) atoms. The van der Waals surface area contributed by atoms with E-state index in [0.29, 0.717) is 0 Å². The molecule has 1 heterocycles. The molecule has 4 heteroatoms. The van der Waals surface area contributed by atoms with Crippen molar-refractivity contribution in [2.24, 2.45) is 0 Å². The summed E-state index contributed by atoms with van der Waals surface area (Å²) >= 11 is 0. The second-order valence-electron chi connectivity index (χ2n) is 2.92. The Balaban J connectivity index is 2.97. The van der Waals surface area contributed by atoms with E-state index in [1.54, 1.807) is 0 Å². The van der Waals surface area contributed by atoms with Crippen molar-refractivity contribution in [2.75, 3.05) is 5.73 Å². The van der Waals surface area contributed by atoms with Gasteiger partial charge in [0, 0.05) is 0 Å². The second-order valence-corrected chi connectivity index (χ2v) is 2.92. The summed E-state index contributed by atoms with van der Waals surface area (Å²) in [7, 11) is 0. The first kappa shape index (κ1) is 7.79. The largest absolute Gasteiger partial charge is 0.379 e. The van der Waals surface area contributed by atoms with Gasteiger partial charge in [-0.3, -0.25) is 4.79 Å². The molecule has 2 aromatic rings. The fourth-order valence-electron chi connectivity index (χ4n) is 1.27. The molecule has 0 amide bonds. The number of hydrogen-bond donors (Lipinski definition) is 2. The number of anilines is 1. The predicted octanol–water partition coefficient (Wildman–Crippen LogP) is 0.814. The molecule has 0 fully saturated rings. The minimum absolute atomic E-state index is 0.0121. The highest BCUT2D eigenvalue weighted by Gasteiger charge is 2.01. The minimum atomic E-state index is -0.332. The number of H-pyrrole nitrogens is 1. The fourth-order valence-corrected chi connectivity index (χ4v) is 1.27. The van der Waals surface area contributed by atoms with Crippen molar-refractivity contribution in [1.82, 2.24) is 9.97 Å². The van der Waals surface area contributed by atoms with Crippen LogP contribution in [0.4, 0.5) is 5.82 Å². The number of aromatic nitrogens is 2. The maximum absolute atomic E-state index is 11.1. The molecule has 0 saturated heterocycles. The molecule has 0 aliphatic heterocycles. The Morgan fingerprint density at radius 2 is 2.23 bits per heavy atom. The highest BCUT2D eigenvalue weighted by Crippen LogP contribution is 2.11. The topological polar surface area (TPSA) is 71.8 Å². The molecular weight excluding hydrogens is 166 g/mol. The van der Waals surface area contributed by atoms with Crippen LogP contribution in [-0.2, 0) is 0 Å². The van der Waals surface area contributed by atoms with Crippen LogP contribution in [0, 0.1) is 6.92 Å². The van der Waals surface area contributed by atoms with Crippen LogP contribution >= 0.6 is 0 Å². The molecule has 2 rings (SSSR count). The number of aromatic amines is 1. The summed E-state index contributed by atoms with van der Waals surface area (Å²) < 4.78 is 0. The Bertz CT molecular complexity index is 516. The van der Waals surface area contributed by atoms with Crippen molar-refractivity contribution >= 4 is 16.9 Å². The molecule has 1 aromatic carbocycles. The normalized spacial score (nSPS) is 10.5. The molecule has 0 bridgehead atoms. The Hall–Kier alpha value is -1.84. The van der Waals surface area contributed by atoms with Gasteiger partial charge in [-0.15, -0.1) is 0 Å². The third kappa shape index (κ3) is 1.16. The summed E-state index contributed by atoms with van der Waals surface area (Å²) in [6, 6.07) is 5.60. The third-order valence-corrected chi connectivity index (χ3v) is 1.96. The van der Waals surface area contributed by atoms with E-state index in [9.17, 15) is 4.79 Å². The van der Waals surface area contributed by atoms with Gasteiger partial charge in [-0.25, -0.2) is 4.98 Å². The number of rotatable bonds is 0. The Morgan fingerprint density at radius 3 is 3.00 bits per heavy atom. The number of nitrogens with zero attached hydrogens (tertiary/aromatic N) is 1. The van der Waals surface area contributed by atoms with E-state index in [0.717, 1.165) is 16.6 Å². The van der Waals surface area contributed by atoms with Crippen molar-refractivity contribution < 1.29 is 0 Å². The molecule has 0 aliphatic rings. The number of nitrogen functional groups attached to an aromatic ring is 1. The van der Waals surface area contributed by atoms with E-state index >= 15 is 0 Å². The first-order chi connectivity index (χ1) is 6.18. The quantitative estimate of drug-likeness (QED) is 0.622. The van der Waals surface area contributed by atoms with Gasteiger partial charge in [0.2, 0.25) is 0 Å². The SMILES string of the molecule is Cc1cccc2nc(N)c(=O)[nH]c12. The van der Waals surface area contributed by atoms with Crippen LogP contribution in [0.1, 0.15) is 5.56 Å². The number of nitrogens with two attached hydrogens (primary N) is 1. The van der Waals surface area contributed by atoms with Crippen molar-refractivity contribution in [3.05, 3.63) is 34.1 Å². The summed E-state index contributed by atoms with van der Waals surface area (Å²) in [4.78, 5) is 17.8. The molecule has 66 valence electrons. The summed E-state index contributed by atoms with van der Waals surface area (Å²) in [5.41, 5.74) is 7.51. The zero-order valence-electron chi connectivity index (χ0n) is 7.16. The Kier molecular flexibility index (Phi) is 1.55. The van der Waals surface area contributed by atoms with Gasteiger partial charge < -0.3 is 10.7 Å². The van der Waals surface area contributed by atoms with Crippen LogP contribution in [0.2, 0.25) is 0 Å². The fraction of sp³-hybridized carbons (Fsp3) is 0.111. The molecule has 0 saturated carbocycles. The van der Waals surface area contributed by atoms with Gasteiger partial charge in [0.05, 0.1) is 11.0 Å². The molecule has 0 aliphatic carbocycles. The van der Waals surface area contributed by atoms with Crippen LogP contribution in [0.5, 0.6) is 0 Å². The highest BCUT2D eigenvalue weighted by molar-refractivity contribution is 5.78. The van der Waals surface area contributed by atoms with Crippen LogP contribution in [0.3, 0.4) is 0 Å². The summed E-state index contributed by atoms with van der Waals surface area (Å²) in [5, 5.41) is 0. The van der Waals surface area contributed by atoms with Crippen LogP contribution in [-0.4, -0.2) is 9.97 Å². The van der Waals surface area contributed by atoms with E-state index in [2.05, 4.69) is 9.97 Å². The lowest BCUT2D eigenvalue weighted by atomic mass is 10.2. The second kappa shape index (κ2) is 2.58. The monoisotopic (exact) mass is 175 g/mol.